The van der Waals surface area contributed by atoms with Gasteiger partial charge in [0, 0.05) is 19.1 Å². The summed E-state index contributed by atoms with van der Waals surface area (Å²) in [5.41, 5.74) is 0.495. The molecule has 3 rings (SSSR count). The summed E-state index contributed by atoms with van der Waals surface area (Å²) in [5.74, 6) is -0.0197. The molecule has 2 aromatic rings. The van der Waals surface area contributed by atoms with E-state index < -0.39 is 0 Å². The van der Waals surface area contributed by atoms with E-state index in [1.165, 1.54) is 10.9 Å². The van der Waals surface area contributed by atoms with Gasteiger partial charge >= 0.3 is 0 Å². The van der Waals surface area contributed by atoms with Gasteiger partial charge in [-0.15, -0.1) is 0 Å². The van der Waals surface area contributed by atoms with Crippen molar-refractivity contribution in [1.29, 1.82) is 0 Å². The smallest absolute Gasteiger partial charge is 0.261 e. The fourth-order valence-electron chi connectivity index (χ4n) is 2.88. The lowest BCUT2D eigenvalue weighted by atomic mass is 10.1. The van der Waals surface area contributed by atoms with Crippen LogP contribution in [-0.4, -0.2) is 46.5 Å². The van der Waals surface area contributed by atoms with Crippen molar-refractivity contribution in [2.24, 2.45) is 0 Å². The van der Waals surface area contributed by atoms with Crippen molar-refractivity contribution in [2.45, 2.75) is 25.4 Å². The fourth-order valence-corrected chi connectivity index (χ4v) is 2.88. The quantitative estimate of drug-likeness (QED) is 0.902. The predicted molar refractivity (Wildman–Crippen MR) is 84.7 cm³/mol. The van der Waals surface area contributed by atoms with Crippen molar-refractivity contribution in [3.8, 4) is 0 Å². The number of hydrogen-bond donors (Lipinski definition) is 1. The Balaban J connectivity index is 1.75. The van der Waals surface area contributed by atoms with Gasteiger partial charge in [0.15, 0.2) is 0 Å². The molecule has 1 saturated heterocycles. The summed E-state index contributed by atoms with van der Waals surface area (Å²) in [7, 11) is 1.95. The maximum absolute atomic E-state index is 12.4. The lowest BCUT2D eigenvalue weighted by Gasteiger charge is -2.31. The first-order valence-electron chi connectivity index (χ1n) is 7.58. The van der Waals surface area contributed by atoms with Crippen molar-refractivity contribution in [2.75, 3.05) is 20.1 Å². The first kappa shape index (κ1) is 14.7. The highest BCUT2D eigenvalue weighted by molar-refractivity contribution is 5.79. The van der Waals surface area contributed by atoms with Crippen molar-refractivity contribution in [3.63, 3.8) is 0 Å². The molecule has 0 radical (unpaired) electrons. The number of nitrogens with zero attached hydrogens (tertiary/aromatic N) is 3. The molecular weight excluding hydrogens is 280 g/mol. The molecule has 6 heteroatoms. The molecule has 0 saturated carbocycles. The molecular formula is C16H20N4O2. The molecule has 1 aliphatic heterocycles. The summed E-state index contributed by atoms with van der Waals surface area (Å²) in [6.45, 7) is 1.53. The fraction of sp³-hybridized carbons (Fsp3) is 0.438. The molecule has 1 aromatic heterocycles. The van der Waals surface area contributed by atoms with Crippen LogP contribution < -0.4 is 10.9 Å². The number of amides is 1. The second kappa shape index (κ2) is 6.27. The SMILES string of the molecule is CNC1CCN(C(=O)Cn2cnc3ccccc3c2=O)CC1. The third kappa shape index (κ3) is 2.87. The predicted octanol–water partition coefficient (Wildman–Crippen LogP) is 0.607. The zero-order valence-electron chi connectivity index (χ0n) is 12.7. The van der Waals surface area contributed by atoms with Crippen LogP contribution in [0.4, 0.5) is 0 Å². The molecule has 1 aliphatic rings. The van der Waals surface area contributed by atoms with Gasteiger partial charge in [-0.3, -0.25) is 14.2 Å². The molecule has 2 heterocycles. The lowest BCUT2D eigenvalue weighted by Crippen LogP contribution is -2.45. The van der Waals surface area contributed by atoms with Gasteiger partial charge in [0.25, 0.3) is 5.56 Å². The molecule has 1 N–H and O–H groups in total. The molecule has 1 aromatic carbocycles. The van der Waals surface area contributed by atoms with Crippen LogP contribution >= 0.6 is 0 Å². The Bertz CT molecular complexity index is 732. The van der Waals surface area contributed by atoms with E-state index in [1.54, 1.807) is 18.2 Å². The molecule has 22 heavy (non-hydrogen) atoms. The Morgan fingerprint density at radius 3 is 2.77 bits per heavy atom. The first-order chi connectivity index (χ1) is 10.7. The number of carbonyl (C=O) groups excluding carboxylic acids is 1. The largest absolute Gasteiger partial charge is 0.341 e. The number of para-hydroxylation sites is 1. The van der Waals surface area contributed by atoms with E-state index >= 15 is 0 Å². The number of hydrogen-bond acceptors (Lipinski definition) is 4. The van der Waals surface area contributed by atoms with Crippen LogP contribution in [0.25, 0.3) is 10.9 Å². The molecule has 0 bridgehead atoms. The van der Waals surface area contributed by atoms with Gasteiger partial charge in [0.2, 0.25) is 5.91 Å². The van der Waals surface area contributed by atoms with E-state index in [0.29, 0.717) is 16.9 Å². The highest BCUT2D eigenvalue weighted by Crippen LogP contribution is 2.11. The van der Waals surface area contributed by atoms with Crippen LogP contribution in [-0.2, 0) is 11.3 Å². The number of benzene rings is 1. The number of rotatable bonds is 3. The van der Waals surface area contributed by atoms with E-state index in [-0.39, 0.29) is 18.0 Å². The number of fused-ring (bicyclic) bond motifs is 1. The Labute approximate surface area is 128 Å². The van der Waals surface area contributed by atoms with Gasteiger partial charge in [-0.05, 0) is 32.0 Å². The molecule has 0 unspecified atom stereocenters. The third-order valence-corrected chi connectivity index (χ3v) is 4.29. The van der Waals surface area contributed by atoms with Crippen molar-refractivity contribution >= 4 is 16.8 Å². The first-order valence-corrected chi connectivity index (χ1v) is 7.58. The minimum absolute atomic E-state index is 0.0197. The van der Waals surface area contributed by atoms with Crippen LogP contribution in [0.3, 0.4) is 0 Å². The summed E-state index contributed by atoms with van der Waals surface area (Å²) in [5, 5.41) is 3.79. The van der Waals surface area contributed by atoms with E-state index in [9.17, 15) is 9.59 Å². The third-order valence-electron chi connectivity index (χ3n) is 4.29. The highest BCUT2D eigenvalue weighted by Gasteiger charge is 2.22. The number of piperidine rings is 1. The Hall–Kier alpha value is -2.21. The second-order valence-corrected chi connectivity index (χ2v) is 5.64. The lowest BCUT2D eigenvalue weighted by molar-refractivity contribution is -0.133. The van der Waals surface area contributed by atoms with Crippen molar-refractivity contribution < 1.29 is 4.79 Å². The molecule has 6 nitrogen and oxygen atoms in total. The van der Waals surface area contributed by atoms with Crippen LogP contribution in [0.2, 0.25) is 0 Å². The molecule has 0 aliphatic carbocycles. The van der Waals surface area contributed by atoms with Gasteiger partial charge in [0.05, 0.1) is 17.2 Å². The van der Waals surface area contributed by atoms with Gasteiger partial charge in [0.1, 0.15) is 6.54 Å². The normalized spacial score (nSPS) is 16.1. The summed E-state index contributed by atoms with van der Waals surface area (Å²) in [6.07, 6.45) is 3.36. The Morgan fingerprint density at radius 1 is 1.32 bits per heavy atom. The monoisotopic (exact) mass is 300 g/mol. The maximum atomic E-state index is 12.4. The van der Waals surface area contributed by atoms with Gasteiger partial charge in [-0.1, -0.05) is 12.1 Å². The number of nitrogens with one attached hydrogen (secondary N) is 1. The van der Waals surface area contributed by atoms with E-state index in [2.05, 4.69) is 10.3 Å². The average molecular weight is 300 g/mol. The van der Waals surface area contributed by atoms with Crippen LogP contribution in [0.5, 0.6) is 0 Å². The van der Waals surface area contributed by atoms with Gasteiger partial charge in [-0.2, -0.15) is 0 Å². The topological polar surface area (TPSA) is 67.2 Å². The molecule has 1 fully saturated rings. The molecule has 1 amide bonds. The summed E-state index contributed by atoms with van der Waals surface area (Å²) < 4.78 is 1.40. The number of carbonyl (C=O) groups is 1. The van der Waals surface area contributed by atoms with Crippen molar-refractivity contribution in [3.05, 3.63) is 40.9 Å². The average Bonchev–Trinajstić information content (AvgIpc) is 2.57. The molecule has 0 atom stereocenters. The summed E-state index contributed by atoms with van der Waals surface area (Å²) in [6, 6.07) is 7.67. The highest BCUT2D eigenvalue weighted by atomic mass is 16.2. The minimum atomic E-state index is -0.163. The Morgan fingerprint density at radius 2 is 2.05 bits per heavy atom. The second-order valence-electron chi connectivity index (χ2n) is 5.64. The zero-order valence-corrected chi connectivity index (χ0v) is 12.7. The minimum Gasteiger partial charge on any atom is -0.341 e. The van der Waals surface area contributed by atoms with Gasteiger partial charge < -0.3 is 10.2 Å². The van der Waals surface area contributed by atoms with Gasteiger partial charge in [-0.25, -0.2) is 4.98 Å². The maximum Gasteiger partial charge on any atom is 0.261 e. The summed E-state index contributed by atoms with van der Waals surface area (Å²) in [4.78, 5) is 30.8. The Kier molecular flexibility index (Phi) is 4.20. The van der Waals surface area contributed by atoms with Crippen LogP contribution in [0.15, 0.2) is 35.4 Å². The van der Waals surface area contributed by atoms with E-state index in [1.807, 2.05) is 18.0 Å². The van der Waals surface area contributed by atoms with E-state index in [0.717, 1.165) is 25.9 Å². The summed E-state index contributed by atoms with van der Waals surface area (Å²) >= 11 is 0. The number of aromatic nitrogens is 2. The zero-order chi connectivity index (χ0) is 15.5. The van der Waals surface area contributed by atoms with Crippen molar-refractivity contribution in [1.82, 2.24) is 19.8 Å². The standard InChI is InChI=1S/C16H20N4O2/c1-17-12-6-8-19(9-7-12)15(21)10-20-11-18-14-5-3-2-4-13(14)16(20)22/h2-5,11-12,17H,6-10H2,1H3. The molecule has 116 valence electrons. The van der Waals surface area contributed by atoms with E-state index in [4.69, 9.17) is 0 Å². The van der Waals surface area contributed by atoms with Crippen LogP contribution in [0, 0.1) is 0 Å². The molecule has 0 spiro atoms. The van der Waals surface area contributed by atoms with Crippen LogP contribution in [0.1, 0.15) is 12.8 Å². The number of likely N-dealkylation sites (tertiary alicyclic amines) is 1.